The van der Waals surface area contributed by atoms with E-state index in [2.05, 4.69) is 19.9 Å². The fourth-order valence-electron chi connectivity index (χ4n) is 7.75. The van der Waals surface area contributed by atoms with Gasteiger partial charge < -0.3 is 30.3 Å². The summed E-state index contributed by atoms with van der Waals surface area (Å²) in [5, 5.41) is 57.4. The van der Waals surface area contributed by atoms with E-state index in [1.807, 2.05) is 32.9 Å². The van der Waals surface area contributed by atoms with Crippen molar-refractivity contribution >= 4 is 11.6 Å². The van der Waals surface area contributed by atoms with Crippen LogP contribution in [0.3, 0.4) is 0 Å². The Balaban J connectivity index is 1.61. The molecule has 0 spiro atoms. The Hall–Kier alpha value is -5.76. The number of rotatable bonds is 9. The van der Waals surface area contributed by atoms with Crippen molar-refractivity contribution in [3.63, 3.8) is 0 Å². The molecule has 0 amide bonds. The van der Waals surface area contributed by atoms with Crippen molar-refractivity contribution in [1.82, 2.24) is 0 Å². The lowest BCUT2D eigenvalue weighted by Crippen LogP contribution is -2.30. The smallest absolute Gasteiger partial charge is 0.201 e. The van der Waals surface area contributed by atoms with Crippen LogP contribution in [0.2, 0.25) is 0 Å². The third kappa shape index (κ3) is 6.81. The quantitative estimate of drug-likeness (QED) is 0.108. The van der Waals surface area contributed by atoms with Gasteiger partial charge in [-0.05, 0) is 131 Å². The van der Waals surface area contributed by atoms with Gasteiger partial charge in [-0.3, -0.25) is 9.59 Å². The second-order valence-corrected chi connectivity index (χ2v) is 14.9. The van der Waals surface area contributed by atoms with Crippen molar-refractivity contribution in [1.29, 1.82) is 0 Å². The number of ketones is 2. The minimum Gasteiger partial charge on any atom is -0.508 e. The predicted molar refractivity (Wildman–Crippen MR) is 205 cm³/mol. The number of aromatic hydroxyl groups is 5. The summed E-state index contributed by atoms with van der Waals surface area (Å²) >= 11 is 0. The Morgan fingerprint density at radius 2 is 1.09 bits per heavy atom. The minimum atomic E-state index is -0.892. The number of carbonyl (C=O) groups is 2. The molecule has 0 heterocycles. The third-order valence-corrected chi connectivity index (χ3v) is 10.2. The number of aryl methyl sites for hydroxylation is 2. The van der Waals surface area contributed by atoms with E-state index in [4.69, 9.17) is 4.74 Å². The molecular weight excluding hydrogens is 668 g/mol. The molecule has 0 radical (unpaired) electrons. The van der Waals surface area contributed by atoms with Crippen molar-refractivity contribution in [2.75, 3.05) is 6.61 Å². The molecule has 274 valence electrons. The maximum Gasteiger partial charge on any atom is 0.201 e. The monoisotopic (exact) mass is 714 g/mol. The van der Waals surface area contributed by atoms with Gasteiger partial charge in [-0.15, -0.1) is 0 Å². The third-order valence-electron chi connectivity index (χ3n) is 10.2. The van der Waals surface area contributed by atoms with E-state index >= 15 is 0 Å². The van der Waals surface area contributed by atoms with Crippen molar-refractivity contribution < 1.29 is 39.9 Å². The molecule has 0 aliphatic heterocycles. The van der Waals surface area contributed by atoms with E-state index in [0.29, 0.717) is 33.6 Å². The molecule has 5 N–H and O–H groups in total. The topological polar surface area (TPSA) is 145 Å². The van der Waals surface area contributed by atoms with Crippen molar-refractivity contribution in [3.05, 3.63) is 139 Å². The molecule has 0 fully saturated rings. The summed E-state index contributed by atoms with van der Waals surface area (Å²) in [6.45, 7) is 13.7. The molecule has 2 unspecified atom stereocenters. The van der Waals surface area contributed by atoms with E-state index in [0.717, 1.165) is 24.0 Å². The summed E-state index contributed by atoms with van der Waals surface area (Å²) in [5.74, 6) is -4.14. The largest absolute Gasteiger partial charge is 0.508 e. The molecular formula is C45H46O8. The van der Waals surface area contributed by atoms with Gasteiger partial charge in [0.2, 0.25) is 11.6 Å². The van der Waals surface area contributed by atoms with E-state index in [9.17, 15) is 35.1 Å². The lowest BCUT2D eigenvalue weighted by atomic mass is 9.63. The second kappa shape index (κ2) is 14.3. The average Bonchev–Trinajstić information content (AvgIpc) is 3.04. The van der Waals surface area contributed by atoms with Gasteiger partial charge in [0.1, 0.15) is 41.1 Å². The lowest BCUT2D eigenvalue weighted by Gasteiger charge is -2.39. The summed E-state index contributed by atoms with van der Waals surface area (Å²) in [6, 6.07) is 11.1. The highest BCUT2D eigenvalue weighted by Gasteiger charge is 2.46. The van der Waals surface area contributed by atoms with Crippen LogP contribution >= 0.6 is 0 Å². The van der Waals surface area contributed by atoms with Crippen LogP contribution in [0.1, 0.15) is 130 Å². The zero-order chi connectivity index (χ0) is 38.5. The van der Waals surface area contributed by atoms with Crippen LogP contribution in [0.15, 0.2) is 77.4 Å². The summed E-state index contributed by atoms with van der Waals surface area (Å²) < 4.78 is 6.16. The first kappa shape index (κ1) is 37.0. The Bertz CT molecular complexity index is 2280. The van der Waals surface area contributed by atoms with Gasteiger partial charge in [0, 0.05) is 23.5 Å². The standard InChI is InChI=1S/C45H46O8/c1-22(2)9-8-10-24(5)13-14-53-27-19-31-37(29-15-25(6)17-34(47)39(29)44(51)41(31)36(49)20-27)38-30-16-26(7)18-35(48)40(30)45(52)42-32(38)21-33(46)28(43(42)50)12-11-23(3)4/h9,11,13,15-21,37-38,46-50H,8,10,12,14H2,1-7H3/b24-13+. The van der Waals surface area contributed by atoms with Crippen LogP contribution in [0.25, 0.3) is 0 Å². The molecule has 2 atom stereocenters. The molecule has 4 aromatic rings. The number of carbonyl (C=O) groups excluding carboxylic acids is 2. The van der Waals surface area contributed by atoms with Crippen LogP contribution in [-0.2, 0) is 6.42 Å². The van der Waals surface area contributed by atoms with Crippen LogP contribution in [0.5, 0.6) is 34.5 Å². The number of fused-ring (bicyclic) bond motifs is 4. The summed E-state index contributed by atoms with van der Waals surface area (Å²) in [4.78, 5) is 28.6. The first-order valence-corrected chi connectivity index (χ1v) is 17.8. The van der Waals surface area contributed by atoms with Crippen molar-refractivity contribution in [2.45, 2.75) is 79.6 Å². The van der Waals surface area contributed by atoms with Gasteiger partial charge in [-0.25, -0.2) is 0 Å². The molecule has 4 aromatic carbocycles. The fourth-order valence-corrected chi connectivity index (χ4v) is 7.75. The highest BCUT2D eigenvalue weighted by Crippen LogP contribution is 2.57. The summed E-state index contributed by atoms with van der Waals surface area (Å²) in [6.07, 6.45) is 7.90. The van der Waals surface area contributed by atoms with Crippen LogP contribution in [0, 0.1) is 13.8 Å². The second-order valence-electron chi connectivity index (χ2n) is 14.9. The van der Waals surface area contributed by atoms with Gasteiger partial charge in [0.25, 0.3) is 0 Å². The SMILES string of the molecule is CC(C)=CCC/C(C)=C/COc1cc(O)c2c(c1)C(C1c3cc(C)cc(O)c3C(=O)c3c1cc(O)c(CC=C(C)C)c3O)c1cc(C)cc(O)c1C2=O. The number of hydrogen-bond acceptors (Lipinski definition) is 8. The summed E-state index contributed by atoms with van der Waals surface area (Å²) in [5.41, 5.74) is 6.19. The van der Waals surface area contributed by atoms with Gasteiger partial charge in [0.05, 0.1) is 22.3 Å². The van der Waals surface area contributed by atoms with E-state index < -0.39 is 29.2 Å². The highest BCUT2D eigenvalue weighted by molar-refractivity contribution is 6.18. The molecule has 2 aliphatic rings. The molecule has 0 bridgehead atoms. The van der Waals surface area contributed by atoms with Crippen molar-refractivity contribution in [2.24, 2.45) is 0 Å². The number of phenols is 5. The van der Waals surface area contributed by atoms with Gasteiger partial charge >= 0.3 is 0 Å². The molecule has 8 nitrogen and oxygen atoms in total. The van der Waals surface area contributed by atoms with Gasteiger partial charge in [0.15, 0.2) is 0 Å². The number of phenolic OH excluding ortho intramolecular Hbond substituents is 5. The van der Waals surface area contributed by atoms with Gasteiger partial charge in [-0.2, -0.15) is 0 Å². The minimum absolute atomic E-state index is 0.00232. The van der Waals surface area contributed by atoms with Crippen LogP contribution in [-0.4, -0.2) is 43.7 Å². The molecule has 0 saturated heterocycles. The Morgan fingerprint density at radius 1 is 0.604 bits per heavy atom. The van der Waals surface area contributed by atoms with Crippen molar-refractivity contribution in [3.8, 4) is 34.5 Å². The number of hydrogen-bond donors (Lipinski definition) is 5. The highest BCUT2D eigenvalue weighted by atomic mass is 16.5. The van der Waals surface area contributed by atoms with Crippen LogP contribution in [0.4, 0.5) is 0 Å². The lowest BCUT2D eigenvalue weighted by molar-refractivity contribution is 0.101. The van der Waals surface area contributed by atoms with E-state index in [1.165, 1.54) is 29.8 Å². The van der Waals surface area contributed by atoms with E-state index in [1.54, 1.807) is 32.0 Å². The number of allylic oxidation sites excluding steroid dienone is 5. The van der Waals surface area contributed by atoms with E-state index in [-0.39, 0.29) is 69.4 Å². The first-order valence-electron chi connectivity index (χ1n) is 17.8. The normalized spacial score (nSPS) is 15.9. The Morgan fingerprint density at radius 3 is 1.64 bits per heavy atom. The Labute approximate surface area is 310 Å². The maximum atomic E-state index is 14.3. The molecule has 8 heteroatoms. The van der Waals surface area contributed by atoms with Crippen LogP contribution < -0.4 is 4.74 Å². The number of benzene rings is 4. The Kier molecular flexibility index (Phi) is 10.0. The zero-order valence-electron chi connectivity index (χ0n) is 31.2. The number of ether oxygens (including phenoxy) is 1. The molecule has 0 aromatic heterocycles. The molecule has 53 heavy (non-hydrogen) atoms. The maximum absolute atomic E-state index is 14.3. The first-order chi connectivity index (χ1) is 25.1. The molecule has 6 rings (SSSR count). The fraction of sp³-hybridized carbons (Fsp3) is 0.289. The van der Waals surface area contributed by atoms with Gasteiger partial charge in [-0.1, -0.05) is 41.0 Å². The molecule has 2 aliphatic carbocycles. The molecule has 0 saturated carbocycles. The average molecular weight is 715 g/mol. The zero-order valence-corrected chi connectivity index (χ0v) is 31.2. The summed E-state index contributed by atoms with van der Waals surface area (Å²) in [7, 11) is 0. The predicted octanol–water partition coefficient (Wildman–Crippen LogP) is 9.46.